The number of aromatic nitrogens is 4. The van der Waals surface area contributed by atoms with Gasteiger partial charge in [0.2, 0.25) is 0 Å². The lowest BCUT2D eigenvalue weighted by atomic mass is 10.0. The van der Waals surface area contributed by atoms with E-state index in [1.807, 2.05) is 6.92 Å². The molecule has 0 radical (unpaired) electrons. The van der Waals surface area contributed by atoms with Crippen LogP contribution in [0.5, 0.6) is 0 Å². The van der Waals surface area contributed by atoms with Crippen molar-refractivity contribution in [1.29, 1.82) is 0 Å². The van der Waals surface area contributed by atoms with Gasteiger partial charge in [0.05, 0.1) is 5.69 Å². The van der Waals surface area contributed by atoms with Gasteiger partial charge in [-0.3, -0.25) is 0 Å². The molecule has 5 heteroatoms. The zero-order valence-corrected chi connectivity index (χ0v) is 14.6. The Morgan fingerprint density at radius 1 is 1.19 bits per heavy atom. The van der Waals surface area contributed by atoms with Gasteiger partial charge in [-0.05, 0) is 39.5 Å². The van der Waals surface area contributed by atoms with Gasteiger partial charge in [0.1, 0.15) is 11.3 Å². The molecule has 1 atom stereocenters. The molecule has 2 heterocycles. The predicted molar refractivity (Wildman–Crippen MR) is 89.1 cm³/mol. The minimum Gasteiger partial charge on any atom is -0.310 e. The molecule has 0 aliphatic rings. The first kappa shape index (κ1) is 16.3. The maximum Gasteiger partial charge on any atom is 0.159 e. The van der Waals surface area contributed by atoms with E-state index in [0.29, 0.717) is 11.9 Å². The van der Waals surface area contributed by atoms with E-state index in [4.69, 9.17) is 16.6 Å². The molecule has 2 aromatic rings. The first-order valence-corrected chi connectivity index (χ1v) is 8.53. The summed E-state index contributed by atoms with van der Waals surface area (Å²) < 4.78 is 4.44. The Morgan fingerprint density at radius 2 is 1.90 bits per heavy atom. The van der Waals surface area contributed by atoms with Crippen molar-refractivity contribution in [3.05, 3.63) is 11.5 Å². The van der Waals surface area contributed by atoms with E-state index in [9.17, 15) is 0 Å². The summed E-state index contributed by atoms with van der Waals surface area (Å²) in [5.41, 5.74) is 3.21. The van der Waals surface area contributed by atoms with Gasteiger partial charge in [0, 0.05) is 24.9 Å². The third-order valence-electron chi connectivity index (χ3n) is 4.04. The quantitative estimate of drug-likeness (QED) is 0.713. The van der Waals surface area contributed by atoms with E-state index in [-0.39, 0.29) is 0 Å². The zero-order valence-electron chi connectivity index (χ0n) is 13.9. The van der Waals surface area contributed by atoms with Crippen molar-refractivity contribution in [1.82, 2.24) is 19.3 Å². The van der Waals surface area contributed by atoms with Crippen molar-refractivity contribution in [2.75, 3.05) is 5.88 Å². The molecule has 4 nitrogen and oxygen atoms in total. The molecule has 21 heavy (non-hydrogen) atoms. The third kappa shape index (κ3) is 3.25. The van der Waals surface area contributed by atoms with Gasteiger partial charge in [-0.25, -0.2) is 9.67 Å². The van der Waals surface area contributed by atoms with Crippen LogP contribution in [-0.2, 0) is 13.0 Å². The van der Waals surface area contributed by atoms with Crippen molar-refractivity contribution in [3.8, 4) is 0 Å². The number of alkyl halides is 1. The van der Waals surface area contributed by atoms with Gasteiger partial charge < -0.3 is 4.57 Å². The van der Waals surface area contributed by atoms with Crippen LogP contribution >= 0.6 is 11.6 Å². The Hall–Kier alpha value is -1.03. The number of halogens is 1. The molecule has 0 N–H and O–H groups in total. The number of rotatable bonds is 7. The largest absolute Gasteiger partial charge is 0.310 e. The fourth-order valence-corrected chi connectivity index (χ4v) is 3.05. The van der Waals surface area contributed by atoms with Crippen LogP contribution in [0, 0.1) is 12.8 Å². The number of hydrogen-bond donors (Lipinski definition) is 0. The summed E-state index contributed by atoms with van der Waals surface area (Å²) in [6, 6.07) is 0.428. The minimum absolute atomic E-state index is 0.428. The summed E-state index contributed by atoms with van der Waals surface area (Å²) in [7, 11) is 0. The van der Waals surface area contributed by atoms with E-state index < -0.39 is 0 Å². The van der Waals surface area contributed by atoms with Gasteiger partial charge >= 0.3 is 0 Å². The highest BCUT2D eigenvalue weighted by atomic mass is 35.5. The molecule has 0 saturated heterocycles. The molecule has 118 valence electrons. The molecule has 0 bridgehead atoms. The number of hydrogen-bond acceptors (Lipinski definition) is 2. The molecule has 1 unspecified atom stereocenters. The van der Waals surface area contributed by atoms with Crippen LogP contribution in [0.2, 0.25) is 0 Å². The highest BCUT2D eigenvalue weighted by Crippen LogP contribution is 2.27. The Kier molecular flexibility index (Phi) is 5.31. The lowest BCUT2D eigenvalue weighted by Gasteiger charge is -2.19. The fourth-order valence-electron chi connectivity index (χ4n) is 2.88. The van der Waals surface area contributed by atoms with Crippen LogP contribution in [0.25, 0.3) is 11.2 Å². The molecule has 0 fully saturated rings. The second-order valence-electron chi connectivity index (χ2n) is 6.23. The molecule has 2 aromatic heterocycles. The molecule has 0 spiro atoms. The second-order valence-corrected chi connectivity index (χ2v) is 6.61. The van der Waals surface area contributed by atoms with Gasteiger partial charge in [0.15, 0.2) is 5.65 Å². The van der Waals surface area contributed by atoms with E-state index in [1.54, 1.807) is 0 Å². The number of fused-ring (bicyclic) bond motifs is 1. The third-order valence-corrected chi connectivity index (χ3v) is 4.23. The molecule has 2 rings (SSSR count). The number of nitrogens with zero attached hydrogens (tertiary/aromatic N) is 4. The molecular formula is C16H27ClN4. The predicted octanol–water partition coefficient (Wildman–Crippen LogP) is 4.34. The molecule has 0 amide bonds. The molecule has 0 aromatic carbocycles. The maximum absolute atomic E-state index is 5.97. The summed E-state index contributed by atoms with van der Waals surface area (Å²) >= 11 is 5.97. The Balaban J connectivity index is 2.48. The normalized spacial score (nSPS) is 13.5. The second kappa shape index (κ2) is 6.82. The van der Waals surface area contributed by atoms with E-state index >= 15 is 0 Å². The molecular weight excluding hydrogens is 284 g/mol. The Morgan fingerprint density at radius 3 is 2.48 bits per heavy atom. The van der Waals surface area contributed by atoms with E-state index in [2.05, 4.69) is 42.0 Å². The highest BCUT2D eigenvalue weighted by Gasteiger charge is 2.21. The van der Waals surface area contributed by atoms with Crippen LogP contribution in [0.1, 0.15) is 58.1 Å². The zero-order chi connectivity index (χ0) is 15.6. The summed E-state index contributed by atoms with van der Waals surface area (Å²) in [6.07, 6.45) is 3.19. The summed E-state index contributed by atoms with van der Waals surface area (Å²) in [6.45, 7) is 11.9. The molecule has 0 aliphatic heterocycles. The van der Waals surface area contributed by atoms with Gasteiger partial charge in [-0.2, -0.15) is 5.10 Å². The Bertz CT molecular complexity index is 597. The van der Waals surface area contributed by atoms with Crippen molar-refractivity contribution >= 4 is 22.8 Å². The average molecular weight is 311 g/mol. The van der Waals surface area contributed by atoms with Gasteiger partial charge in [-0.15, -0.1) is 11.6 Å². The topological polar surface area (TPSA) is 35.6 Å². The monoisotopic (exact) mass is 310 g/mol. The average Bonchev–Trinajstić information content (AvgIpc) is 2.94. The molecule has 0 saturated carbocycles. The highest BCUT2D eigenvalue weighted by molar-refractivity contribution is 6.17. The van der Waals surface area contributed by atoms with Crippen LogP contribution in [-0.4, -0.2) is 25.2 Å². The summed E-state index contributed by atoms with van der Waals surface area (Å²) in [4.78, 5) is 4.81. The fraction of sp³-hybridized carbons (Fsp3) is 0.750. The standard InChI is InChI=1S/C16H27ClN4/c1-6-20-16-15(13(5)19-20)18-14(9-10-17)21(16)12(4)8-7-11(2)3/h11-12H,6-10H2,1-5H3. The van der Waals surface area contributed by atoms with Crippen LogP contribution < -0.4 is 0 Å². The first-order chi connectivity index (χ1) is 9.99. The number of imidazole rings is 1. The lowest BCUT2D eigenvalue weighted by molar-refractivity contribution is 0.431. The number of aryl methyl sites for hydroxylation is 3. The van der Waals surface area contributed by atoms with Crippen molar-refractivity contribution < 1.29 is 0 Å². The van der Waals surface area contributed by atoms with E-state index in [1.165, 1.54) is 6.42 Å². The minimum atomic E-state index is 0.428. The van der Waals surface area contributed by atoms with Crippen molar-refractivity contribution in [2.45, 2.75) is 66.5 Å². The van der Waals surface area contributed by atoms with Crippen LogP contribution in [0.4, 0.5) is 0 Å². The summed E-state index contributed by atoms with van der Waals surface area (Å²) in [5, 5.41) is 4.61. The first-order valence-electron chi connectivity index (χ1n) is 7.99. The van der Waals surface area contributed by atoms with Gasteiger partial charge in [0.25, 0.3) is 0 Å². The SMILES string of the molecule is CCn1nc(C)c2nc(CCCl)n(C(C)CCC(C)C)c21. The van der Waals surface area contributed by atoms with Crippen LogP contribution in [0.3, 0.4) is 0 Å². The Labute approximate surface area is 132 Å². The summed E-state index contributed by atoms with van der Waals surface area (Å²) in [5.74, 6) is 2.43. The van der Waals surface area contributed by atoms with Crippen molar-refractivity contribution in [3.63, 3.8) is 0 Å². The van der Waals surface area contributed by atoms with Gasteiger partial charge in [-0.1, -0.05) is 13.8 Å². The lowest BCUT2D eigenvalue weighted by Crippen LogP contribution is -2.14. The van der Waals surface area contributed by atoms with E-state index in [0.717, 1.165) is 48.0 Å². The van der Waals surface area contributed by atoms with Crippen molar-refractivity contribution in [2.24, 2.45) is 5.92 Å². The van der Waals surface area contributed by atoms with Crippen LogP contribution in [0.15, 0.2) is 0 Å². The maximum atomic E-state index is 5.97. The smallest absolute Gasteiger partial charge is 0.159 e. The molecule has 0 aliphatic carbocycles.